The van der Waals surface area contributed by atoms with Gasteiger partial charge in [0.05, 0.1) is 5.56 Å². The lowest BCUT2D eigenvalue weighted by Crippen LogP contribution is -2.17. The van der Waals surface area contributed by atoms with Gasteiger partial charge in [-0.15, -0.1) is 0 Å². The Morgan fingerprint density at radius 1 is 1.29 bits per heavy atom. The Kier molecular flexibility index (Phi) is 5.41. The maximum Gasteiger partial charge on any atom is 0.416 e. The van der Waals surface area contributed by atoms with Crippen LogP contribution in [0.15, 0.2) is 18.5 Å². The van der Waals surface area contributed by atoms with E-state index in [9.17, 15) is 13.2 Å². The fourth-order valence-corrected chi connectivity index (χ4v) is 1.61. The first-order chi connectivity index (χ1) is 8.05. The molecule has 17 heavy (non-hydrogen) atoms. The first-order valence-electron chi connectivity index (χ1n) is 5.76. The van der Waals surface area contributed by atoms with E-state index in [0.29, 0.717) is 12.8 Å². The lowest BCUT2D eigenvalue weighted by Gasteiger charge is -2.11. The van der Waals surface area contributed by atoms with Gasteiger partial charge < -0.3 is 5.32 Å². The molecular formula is C12H17F3N2. The average Bonchev–Trinajstić information content (AvgIpc) is 2.28. The molecular weight excluding hydrogens is 229 g/mol. The summed E-state index contributed by atoms with van der Waals surface area (Å²) in [4.78, 5) is 3.75. The van der Waals surface area contributed by atoms with Crippen LogP contribution >= 0.6 is 0 Å². The van der Waals surface area contributed by atoms with Gasteiger partial charge in [-0.3, -0.25) is 4.98 Å². The third kappa shape index (κ3) is 4.73. The Labute approximate surface area is 99.3 Å². The lowest BCUT2D eigenvalue weighted by molar-refractivity contribution is -0.138. The van der Waals surface area contributed by atoms with Crippen molar-refractivity contribution in [3.63, 3.8) is 0 Å². The second kappa shape index (κ2) is 6.59. The number of rotatable bonds is 6. The summed E-state index contributed by atoms with van der Waals surface area (Å²) in [7, 11) is 0. The summed E-state index contributed by atoms with van der Waals surface area (Å²) in [5, 5.41) is 3.16. The van der Waals surface area contributed by atoms with E-state index >= 15 is 0 Å². The molecule has 0 saturated heterocycles. The third-order valence-electron chi connectivity index (χ3n) is 2.44. The molecule has 0 saturated carbocycles. The minimum Gasteiger partial charge on any atom is -0.317 e. The standard InChI is InChI=1S/C12H17F3N2/c1-2-6-16-7-3-4-10-9-17-8-5-11(10)12(13,14)15/h5,8-9,16H,2-4,6-7H2,1H3. The van der Waals surface area contributed by atoms with Gasteiger partial charge in [-0.25, -0.2) is 0 Å². The van der Waals surface area contributed by atoms with E-state index in [4.69, 9.17) is 0 Å². The number of hydrogen-bond acceptors (Lipinski definition) is 2. The molecule has 0 aliphatic carbocycles. The molecule has 1 aromatic heterocycles. The van der Waals surface area contributed by atoms with Gasteiger partial charge >= 0.3 is 6.18 Å². The van der Waals surface area contributed by atoms with Crippen molar-refractivity contribution >= 4 is 0 Å². The summed E-state index contributed by atoms with van der Waals surface area (Å²) in [5.41, 5.74) is -0.290. The third-order valence-corrected chi connectivity index (χ3v) is 2.44. The van der Waals surface area contributed by atoms with Crippen molar-refractivity contribution in [3.05, 3.63) is 29.6 Å². The smallest absolute Gasteiger partial charge is 0.317 e. The topological polar surface area (TPSA) is 24.9 Å². The van der Waals surface area contributed by atoms with Crippen LogP contribution in [0.4, 0.5) is 13.2 Å². The van der Waals surface area contributed by atoms with Crippen molar-refractivity contribution in [3.8, 4) is 0 Å². The van der Waals surface area contributed by atoms with Crippen molar-refractivity contribution in [1.29, 1.82) is 0 Å². The Bertz CT molecular complexity index is 337. The molecule has 0 aromatic carbocycles. The van der Waals surface area contributed by atoms with Gasteiger partial charge in [-0.2, -0.15) is 13.2 Å². The molecule has 0 fully saturated rings. The highest BCUT2D eigenvalue weighted by molar-refractivity contribution is 5.26. The second-order valence-corrected chi connectivity index (χ2v) is 3.88. The molecule has 0 radical (unpaired) electrons. The van der Waals surface area contributed by atoms with Crippen molar-refractivity contribution in [1.82, 2.24) is 10.3 Å². The van der Waals surface area contributed by atoms with Crippen LogP contribution in [0.25, 0.3) is 0 Å². The van der Waals surface area contributed by atoms with E-state index in [0.717, 1.165) is 25.6 Å². The molecule has 0 bridgehead atoms. The SMILES string of the molecule is CCCNCCCc1cnccc1C(F)(F)F. The van der Waals surface area contributed by atoms with Crippen LogP contribution in [0.3, 0.4) is 0 Å². The molecule has 1 rings (SSSR count). The number of nitrogens with zero attached hydrogens (tertiary/aromatic N) is 1. The van der Waals surface area contributed by atoms with Crippen molar-refractivity contribution < 1.29 is 13.2 Å². The quantitative estimate of drug-likeness (QED) is 0.780. The monoisotopic (exact) mass is 246 g/mol. The summed E-state index contributed by atoms with van der Waals surface area (Å²) >= 11 is 0. The minimum absolute atomic E-state index is 0.276. The van der Waals surface area contributed by atoms with E-state index in [1.165, 1.54) is 12.4 Å². The van der Waals surface area contributed by atoms with Crippen LogP contribution < -0.4 is 5.32 Å². The van der Waals surface area contributed by atoms with Crippen LogP contribution in [-0.4, -0.2) is 18.1 Å². The highest BCUT2D eigenvalue weighted by Gasteiger charge is 2.32. The number of hydrogen-bond donors (Lipinski definition) is 1. The Balaban J connectivity index is 2.53. The number of pyridine rings is 1. The van der Waals surface area contributed by atoms with E-state index < -0.39 is 11.7 Å². The molecule has 0 unspecified atom stereocenters. The summed E-state index contributed by atoms with van der Waals surface area (Å²) < 4.78 is 37.9. The lowest BCUT2D eigenvalue weighted by atomic mass is 10.1. The summed E-state index contributed by atoms with van der Waals surface area (Å²) in [6, 6.07) is 1.04. The van der Waals surface area contributed by atoms with Crippen molar-refractivity contribution in [2.45, 2.75) is 32.4 Å². The molecule has 0 atom stereocenters. The normalized spacial score (nSPS) is 11.8. The summed E-state index contributed by atoms with van der Waals surface area (Å²) in [6.07, 6.45) is 0.328. The molecule has 1 N–H and O–H groups in total. The Morgan fingerprint density at radius 3 is 2.71 bits per heavy atom. The van der Waals surface area contributed by atoms with Gasteiger partial charge in [0, 0.05) is 12.4 Å². The van der Waals surface area contributed by atoms with Crippen LogP contribution in [0.1, 0.15) is 30.9 Å². The van der Waals surface area contributed by atoms with Crippen LogP contribution in [0.5, 0.6) is 0 Å². The summed E-state index contributed by atoms with van der Waals surface area (Å²) in [5.74, 6) is 0. The van der Waals surface area contributed by atoms with E-state index in [2.05, 4.69) is 17.2 Å². The number of aryl methyl sites for hydroxylation is 1. The fourth-order valence-electron chi connectivity index (χ4n) is 1.61. The minimum atomic E-state index is -4.28. The van der Waals surface area contributed by atoms with E-state index in [-0.39, 0.29) is 5.56 Å². The maximum absolute atomic E-state index is 12.6. The predicted molar refractivity (Wildman–Crippen MR) is 60.7 cm³/mol. The number of nitrogens with one attached hydrogen (secondary N) is 1. The predicted octanol–water partition coefficient (Wildman–Crippen LogP) is 3.03. The summed E-state index contributed by atoms with van der Waals surface area (Å²) in [6.45, 7) is 3.69. The van der Waals surface area contributed by atoms with Crippen molar-refractivity contribution in [2.24, 2.45) is 0 Å². The number of halogens is 3. The molecule has 1 aromatic rings. The zero-order valence-electron chi connectivity index (χ0n) is 9.85. The van der Waals surface area contributed by atoms with Gasteiger partial charge in [-0.05, 0) is 44.0 Å². The molecule has 0 amide bonds. The second-order valence-electron chi connectivity index (χ2n) is 3.88. The van der Waals surface area contributed by atoms with E-state index in [1.54, 1.807) is 0 Å². The zero-order chi connectivity index (χ0) is 12.7. The van der Waals surface area contributed by atoms with E-state index in [1.807, 2.05) is 0 Å². The molecule has 5 heteroatoms. The van der Waals surface area contributed by atoms with Gasteiger partial charge in [0.1, 0.15) is 0 Å². The van der Waals surface area contributed by atoms with Crippen molar-refractivity contribution in [2.75, 3.05) is 13.1 Å². The van der Waals surface area contributed by atoms with Crippen LogP contribution in [-0.2, 0) is 12.6 Å². The number of alkyl halides is 3. The molecule has 0 aliphatic rings. The molecule has 96 valence electrons. The van der Waals surface area contributed by atoms with Gasteiger partial charge in [0.2, 0.25) is 0 Å². The Hall–Kier alpha value is -1.10. The maximum atomic E-state index is 12.6. The molecule has 1 heterocycles. The molecule has 0 aliphatic heterocycles. The van der Waals surface area contributed by atoms with Gasteiger partial charge in [0.15, 0.2) is 0 Å². The highest BCUT2D eigenvalue weighted by atomic mass is 19.4. The van der Waals surface area contributed by atoms with Crippen LogP contribution in [0.2, 0.25) is 0 Å². The Morgan fingerprint density at radius 2 is 2.06 bits per heavy atom. The zero-order valence-corrected chi connectivity index (χ0v) is 9.85. The fraction of sp³-hybridized carbons (Fsp3) is 0.583. The number of aromatic nitrogens is 1. The molecule has 0 spiro atoms. The highest BCUT2D eigenvalue weighted by Crippen LogP contribution is 2.31. The first kappa shape index (κ1) is 14.0. The van der Waals surface area contributed by atoms with Gasteiger partial charge in [-0.1, -0.05) is 6.92 Å². The first-order valence-corrected chi connectivity index (χ1v) is 5.76. The molecule has 2 nitrogen and oxygen atoms in total. The average molecular weight is 246 g/mol. The van der Waals surface area contributed by atoms with Crippen LogP contribution in [0, 0.1) is 0 Å². The van der Waals surface area contributed by atoms with Gasteiger partial charge in [0.25, 0.3) is 0 Å². The largest absolute Gasteiger partial charge is 0.416 e.